The Morgan fingerprint density at radius 3 is 2.29 bits per heavy atom. The Hall–Kier alpha value is -3.92. The van der Waals surface area contributed by atoms with Crippen LogP contribution in [0.3, 0.4) is 0 Å². The molecule has 1 fully saturated rings. The van der Waals surface area contributed by atoms with E-state index in [2.05, 4.69) is 10.1 Å². The van der Waals surface area contributed by atoms with E-state index in [1.165, 1.54) is 22.3 Å². The summed E-state index contributed by atoms with van der Waals surface area (Å²) in [6, 6.07) is 15.1. The molecular weight excluding hydrogens is 502 g/mol. The number of ether oxygens (including phenoxy) is 2. The molecule has 3 aliphatic heterocycles. The number of nitrogens with one attached hydrogen (secondary N) is 1. The number of aryl methyl sites for hydroxylation is 1. The van der Waals surface area contributed by atoms with Gasteiger partial charge < -0.3 is 14.4 Å². The van der Waals surface area contributed by atoms with Crippen LogP contribution < -0.4 is 9.47 Å². The van der Waals surface area contributed by atoms with E-state index in [9.17, 15) is 9.59 Å². The molecule has 0 unspecified atom stereocenters. The molecule has 2 amide bonds. The van der Waals surface area contributed by atoms with Crippen molar-refractivity contribution in [3.63, 3.8) is 0 Å². The summed E-state index contributed by atoms with van der Waals surface area (Å²) in [7, 11) is 0. The monoisotopic (exact) mass is 531 g/mol. The molecule has 0 aromatic heterocycles. The second-order valence-electron chi connectivity index (χ2n) is 9.21. The Balaban J connectivity index is 1.17. The highest BCUT2D eigenvalue weighted by Gasteiger charge is 2.36. The second-order valence-corrected chi connectivity index (χ2v) is 10.3. The molecule has 196 valence electrons. The molecule has 1 N–H and O–H groups in total. The molecule has 0 aliphatic carbocycles. The van der Waals surface area contributed by atoms with Crippen molar-refractivity contribution in [3.05, 3.63) is 65.2 Å². The van der Waals surface area contributed by atoms with Crippen molar-refractivity contribution in [3.8, 4) is 11.5 Å². The lowest BCUT2D eigenvalue weighted by Crippen LogP contribution is -2.36. The van der Waals surface area contributed by atoms with Crippen LogP contribution in [0.5, 0.6) is 11.5 Å². The molecule has 38 heavy (non-hydrogen) atoms. The molecule has 3 aliphatic rings. The van der Waals surface area contributed by atoms with E-state index in [-0.39, 0.29) is 23.7 Å². The van der Waals surface area contributed by atoms with Crippen molar-refractivity contribution < 1.29 is 19.1 Å². The lowest BCUT2D eigenvalue weighted by atomic mass is 10.1. The van der Waals surface area contributed by atoms with Crippen LogP contribution in [0.15, 0.2) is 64.2 Å². The number of rotatable bonds is 8. The number of hydrogen-bond donors (Lipinski definition) is 1. The first-order valence-electron chi connectivity index (χ1n) is 12.7. The fraction of sp³-hybridized carbons (Fsp3) is 0.321. The van der Waals surface area contributed by atoms with Gasteiger partial charge in [0.2, 0.25) is 11.1 Å². The van der Waals surface area contributed by atoms with Gasteiger partial charge in [-0.25, -0.2) is 0 Å². The van der Waals surface area contributed by atoms with Gasteiger partial charge in [-0.05, 0) is 73.9 Å². The fourth-order valence-electron chi connectivity index (χ4n) is 4.27. The van der Waals surface area contributed by atoms with Gasteiger partial charge in [0.1, 0.15) is 29.8 Å². The minimum absolute atomic E-state index is 0.0223. The number of thioether (sulfide) groups is 1. The maximum atomic E-state index is 12.7. The quantitative estimate of drug-likeness (QED) is 0.398. The third kappa shape index (κ3) is 6.13. The Morgan fingerprint density at radius 2 is 1.63 bits per heavy atom. The SMILES string of the molecule is Cc1ccc(OCCOc2ccc(C=C3C(=N)N4N=C(CC(=O)N5CCCCC5)SC4=NC3=O)cc2)cc1. The van der Waals surface area contributed by atoms with Gasteiger partial charge in [-0.2, -0.15) is 15.1 Å². The summed E-state index contributed by atoms with van der Waals surface area (Å²) in [5.41, 5.74) is 2.05. The summed E-state index contributed by atoms with van der Waals surface area (Å²) < 4.78 is 11.4. The van der Waals surface area contributed by atoms with Crippen molar-refractivity contribution in [2.75, 3.05) is 26.3 Å². The highest BCUT2D eigenvalue weighted by atomic mass is 32.2. The van der Waals surface area contributed by atoms with E-state index in [1.54, 1.807) is 18.2 Å². The summed E-state index contributed by atoms with van der Waals surface area (Å²) in [5, 5.41) is 15.2. The molecule has 2 aromatic rings. The molecule has 0 spiro atoms. The molecular formula is C28H29N5O4S. The maximum Gasteiger partial charge on any atom is 0.283 e. The molecule has 0 radical (unpaired) electrons. The van der Waals surface area contributed by atoms with Gasteiger partial charge in [0.25, 0.3) is 5.91 Å². The Morgan fingerprint density at radius 1 is 1.00 bits per heavy atom. The lowest BCUT2D eigenvalue weighted by Gasteiger charge is -2.26. The Kier molecular flexibility index (Phi) is 7.88. The predicted octanol–water partition coefficient (Wildman–Crippen LogP) is 4.47. The number of hydrogen-bond acceptors (Lipinski definition) is 7. The molecule has 10 heteroatoms. The van der Waals surface area contributed by atoms with Gasteiger partial charge in [0.15, 0.2) is 5.84 Å². The number of benzene rings is 2. The average Bonchev–Trinajstić information content (AvgIpc) is 3.33. The Labute approximate surface area is 225 Å². The number of hydrazone groups is 1. The van der Waals surface area contributed by atoms with Crippen molar-refractivity contribution in [2.45, 2.75) is 32.6 Å². The number of nitrogens with zero attached hydrogens (tertiary/aromatic N) is 4. The molecule has 1 saturated heterocycles. The predicted molar refractivity (Wildman–Crippen MR) is 149 cm³/mol. The maximum absolute atomic E-state index is 12.7. The lowest BCUT2D eigenvalue weighted by molar-refractivity contribution is -0.130. The molecule has 0 saturated carbocycles. The number of likely N-dealkylation sites (tertiary alicyclic amines) is 1. The first kappa shape index (κ1) is 25.7. The smallest absolute Gasteiger partial charge is 0.283 e. The van der Waals surface area contributed by atoms with Crippen LogP contribution in [0.1, 0.15) is 36.8 Å². The number of carbonyl (C=O) groups excluding carboxylic acids is 2. The molecule has 5 rings (SSSR count). The van der Waals surface area contributed by atoms with Gasteiger partial charge >= 0.3 is 0 Å². The van der Waals surface area contributed by atoms with E-state index >= 15 is 0 Å². The van der Waals surface area contributed by atoms with Crippen molar-refractivity contribution in [1.29, 1.82) is 5.41 Å². The molecule has 3 heterocycles. The summed E-state index contributed by atoms with van der Waals surface area (Å²) >= 11 is 1.18. The topological polar surface area (TPSA) is 108 Å². The minimum Gasteiger partial charge on any atom is -0.490 e. The largest absolute Gasteiger partial charge is 0.490 e. The molecule has 0 atom stereocenters. The number of piperidine rings is 1. The van der Waals surface area contributed by atoms with Crippen LogP contribution in [0.25, 0.3) is 6.08 Å². The highest BCUT2D eigenvalue weighted by Crippen LogP contribution is 2.30. The number of fused-ring (bicyclic) bond motifs is 1. The zero-order valence-electron chi connectivity index (χ0n) is 21.2. The normalized spacial score (nSPS) is 18.3. The summed E-state index contributed by atoms with van der Waals surface area (Å²) in [5.74, 6) is 0.943. The third-order valence-corrected chi connectivity index (χ3v) is 7.25. The van der Waals surface area contributed by atoms with Gasteiger partial charge in [0.05, 0.1) is 12.0 Å². The zero-order chi connectivity index (χ0) is 26.5. The third-order valence-electron chi connectivity index (χ3n) is 6.34. The summed E-state index contributed by atoms with van der Waals surface area (Å²) in [6.45, 7) is 4.38. The second kappa shape index (κ2) is 11.6. The molecule has 9 nitrogen and oxygen atoms in total. The number of carbonyl (C=O) groups is 2. The van der Waals surface area contributed by atoms with Crippen LogP contribution >= 0.6 is 11.8 Å². The van der Waals surface area contributed by atoms with E-state index < -0.39 is 5.91 Å². The number of amidine groups is 2. The van der Waals surface area contributed by atoms with E-state index in [1.807, 2.05) is 48.2 Å². The average molecular weight is 532 g/mol. The first-order valence-corrected chi connectivity index (χ1v) is 13.5. The summed E-state index contributed by atoms with van der Waals surface area (Å²) in [6.07, 6.45) is 4.96. The van der Waals surface area contributed by atoms with Crippen LogP contribution in [0.2, 0.25) is 0 Å². The Bertz CT molecular complexity index is 1310. The molecule has 0 bridgehead atoms. The standard InChI is InChI=1S/C28H29N5O4S/c1-19-5-9-21(10-6-19)36-15-16-37-22-11-7-20(8-12-22)17-23-26(29)33-28(30-27(23)35)38-24(31-33)18-25(34)32-13-3-2-4-14-32/h5-12,17,29H,2-4,13-16,18H2,1H3. The van der Waals surface area contributed by atoms with Gasteiger partial charge in [0, 0.05) is 13.1 Å². The fourth-order valence-corrected chi connectivity index (χ4v) is 5.14. The highest BCUT2D eigenvalue weighted by molar-refractivity contribution is 8.27. The van der Waals surface area contributed by atoms with Crippen molar-refractivity contribution >= 4 is 45.7 Å². The van der Waals surface area contributed by atoms with E-state index in [0.29, 0.717) is 29.2 Å². The van der Waals surface area contributed by atoms with Gasteiger partial charge in [-0.1, -0.05) is 29.8 Å². The van der Waals surface area contributed by atoms with E-state index in [0.717, 1.165) is 43.7 Å². The first-order chi connectivity index (χ1) is 18.5. The van der Waals surface area contributed by atoms with Crippen molar-refractivity contribution in [2.24, 2.45) is 10.1 Å². The minimum atomic E-state index is -0.499. The van der Waals surface area contributed by atoms with Crippen LogP contribution in [0, 0.1) is 12.3 Å². The molecule has 2 aromatic carbocycles. The number of amides is 2. The van der Waals surface area contributed by atoms with Crippen molar-refractivity contribution in [1.82, 2.24) is 9.91 Å². The zero-order valence-corrected chi connectivity index (χ0v) is 22.0. The van der Waals surface area contributed by atoms with E-state index in [4.69, 9.17) is 14.9 Å². The van der Waals surface area contributed by atoms with Gasteiger partial charge in [-0.15, -0.1) is 0 Å². The van der Waals surface area contributed by atoms with Crippen LogP contribution in [0.4, 0.5) is 0 Å². The van der Waals surface area contributed by atoms with Crippen LogP contribution in [-0.4, -0.2) is 64.1 Å². The van der Waals surface area contributed by atoms with Crippen LogP contribution in [-0.2, 0) is 9.59 Å². The summed E-state index contributed by atoms with van der Waals surface area (Å²) in [4.78, 5) is 31.3. The van der Waals surface area contributed by atoms with Gasteiger partial charge in [-0.3, -0.25) is 15.0 Å². The number of aliphatic imine (C=N–C) groups is 1.